The van der Waals surface area contributed by atoms with Crippen LogP contribution < -0.4 is 15.2 Å². The number of halogens is 1. The second-order valence-corrected chi connectivity index (χ2v) is 6.33. The summed E-state index contributed by atoms with van der Waals surface area (Å²) in [5.74, 6) is 0.849. The summed E-state index contributed by atoms with van der Waals surface area (Å²) in [6, 6.07) is 11.8. The first-order chi connectivity index (χ1) is 12.0. The molecule has 0 radical (unpaired) electrons. The fraction of sp³-hybridized carbons (Fsp3) is 0.263. The van der Waals surface area contributed by atoms with E-state index in [4.69, 9.17) is 4.74 Å². The van der Waals surface area contributed by atoms with Gasteiger partial charge in [-0.2, -0.15) is 0 Å². The number of benzene rings is 2. The number of hydrogen-bond donors (Lipinski definition) is 0. The van der Waals surface area contributed by atoms with Gasteiger partial charge in [0.15, 0.2) is 0 Å². The molecule has 0 bridgehead atoms. The van der Waals surface area contributed by atoms with Crippen molar-refractivity contribution in [2.75, 3.05) is 11.4 Å². The minimum absolute atomic E-state index is 0.0683. The molecular formula is C19H18FN3O2. The molecule has 1 unspecified atom stereocenters. The van der Waals surface area contributed by atoms with Crippen molar-refractivity contribution in [2.45, 2.75) is 19.6 Å². The molecule has 0 aliphatic carbocycles. The zero-order valence-corrected chi connectivity index (χ0v) is 14.1. The summed E-state index contributed by atoms with van der Waals surface area (Å²) >= 11 is 0. The van der Waals surface area contributed by atoms with Gasteiger partial charge in [0.2, 0.25) is 0 Å². The van der Waals surface area contributed by atoms with Gasteiger partial charge in [-0.1, -0.05) is 12.1 Å². The molecule has 2 heterocycles. The highest BCUT2D eigenvalue weighted by Crippen LogP contribution is 2.34. The molecule has 1 aromatic heterocycles. The van der Waals surface area contributed by atoms with E-state index in [-0.39, 0.29) is 17.5 Å². The summed E-state index contributed by atoms with van der Waals surface area (Å²) in [7, 11) is 1.73. The van der Waals surface area contributed by atoms with E-state index in [1.165, 1.54) is 12.1 Å². The molecule has 0 amide bonds. The van der Waals surface area contributed by atoms with Crippen molar-refractivity contribution in [2.24, 2.45) is 7.05 Å². The Kier molecular flexibility index (Phi) is 3.67. The number of anilines is 1. The van der Waals surface area contributed by atoms with Gasteiger partial charge >= 0.3 is 0 Å². The fourth-order valence-corrected chi connectivity index (χ4v) is 3.23. The van der Waals surface area contributed by atoms with Crippen LogP contribution in [0, 0.1) is 5.82 Å². The van der Waals surface area contributed by atoms with Crippen LogP contribution >= 0.6 is 0 Å². The Hall–Kier alpha value is -2.89. The van der Waals surface area contributed by atoms with Gasteiger partial charge in [0.05, 0.1) is 29.7 Å². The van der Waals surface area contributed by atoms with Gasteiger partial charge in [0.25, 0.3) is 5.56 Å². The molecule has 1 aliphatic heterocycles. The number of nitrogens with zero attached hydrogens (tertiary/aromatic N) is 3. The summed E-state index contributed by atoms with van der Waals surface area (Å²) in [6.45, 7) is 3.03. The average molecular weight is 339 g/mol. The van der Waals surface area contributed by atoms with Gasteiger partial charge < -0.3 is 9.64 Å². The Morgan fingerprint density at radius 2 is 2.08 bits per heavy atom. The third-order valence-corrected chi connectivity index (χ3v) is 4.48. The van der Waals surface area contributed by atoms with Gasteiger partial charge in [0, 0.05) is 13.1 Å². The van der Waals surface area contributed by atoms with Crippen LogP contribution in [-0.2, 0) is 13.6 Å². The van der Waals surface area contributed by atoms with E-state index in [1.54, 1.807) is 23.7 Å². The van der Waals surface area contributed by atoms with E-state index < -0.39 is 0 Å². The first-order valence-electron chi connectivity index (χ1n) is 8.19. The number of rotatable bonds is 2. The van der Waals surface area contributed by atoms with Crippen molar-refractivity contribution in [1.29, 1.82) is 0 Å². The van der Waals surface area contributed by atoms with E-state index >= 15 is 0 Å². The number of aromatic nitrogens is 2. The largest absolute Gasteiger partial charge is 0.487 e. The molecule has 0 fully saturated rings. The highest BCUT2D eigenvalue weighted by molar-refractivity contribution is 5.77. The molecule has 1 aliphatic rings. The van der Waals surface area contributed by atoms with Crippen molar-refractivity contribution < 1.29 is 9.13 Å². The average Bonchev–Trinajstić information content (AvgIpc) is 2.59. The van der Waals surface area contributed by atoms with Crippen LogP contribution in [0.4, 0.5) is 10.1 Å². The topological polar surface area (TPSA) is 47.4 Å². The second-order valence-electron chi connectivity index (χ2n) is 6.33. The van der Waals surface area contributed by atoms with E-state index in [0.29, 0.717) is 35.6 Å². The first kappa shape index (κ1) is 15.6. The van der Waals surface area contributed by atoms with Crippen LogP contribution in [-0.4, -0.2) is 22.2 Å². The smallest absolute Gasteiger partial charge is 0.261 e. The lowest BCUT2D eigenvalue weighted by Gasteiger charge is -2.35. The zero-order chi connectivity index (χ0) is 17.6. The van der Waals surface area contributed by atoms with Crippen molar-refractivity contribution in [3.05, 3.63) is 64.5 Å². The maximum Gasteiger partial charge on any atom is 0.261 e. The lowest BCUT2D eigenvalue weighted by molar-refractivity contribution is 0.210. The highest BCUT2D eigenvalue weighted by atomic mass is 19.1. The van der Waals surface area contributed by atoms with Gasteiger partial charge in [0.1, 0.15) is 23.5 Å². The molecule has 5 nitrogen and oxygen atoms in total. The lowest BCUT2D eigenvalue weighted by Crippen LogP contribution is -2.39. The third kappa shape index (κ3) is 2.73. The summed E-state index contributed by atoms with van der Waals surface area (Å²) in [5, 5.41) is 0.603. The first-order valence-corrected chi connectivity index (χ1v) is 8.19. The maximum absolute atomic E-state index is 13.5. The minimum Gasteiger partial charge on any atom is -0.487 e. The Morgan fingerprint density at radius 1 is 1.28 bits per heavy atom. The number of ether oxygens (including phenoxy) is 1. The van der Waals surface area contributed by atoms with Crippen LogP contribution in [0.15, 0.2) is 47.3 Å². The van der Waals surface area contributed by atoms with Crippen LogP contribution in [0.1, 0.15) is 12.7 Å². The number of fused-ring (bicyclic) bond motifs is 2. The van der Waals surface area contributed by atoms with E-state index in [9.17, 15) is 9.18 Å². The summed E-state index contributed by atoms with van der Waals surface area (Å²) in [6.07, 6.45) is -0.0771. The molecule has 0 saturated carbocycles. The molecular weight excluding hydrogens is 321 g/mol. The van der Waals surface area contributed by atoms with Gasteiger partial charge in [-0.25, -0.2) is 9.37 Å². The minimum atomic E-state index is -0.330. The molecule has 3 aromatic rings. The Balaban J connectivity index is 1.77. The molecule has 6 heteroatoms. The van der Waals surface area contributed by atoms with E-state index in [2.05, 4.69) is 9.88 Å². The van der Waals surface area contributed by atoms with Crippen molar-refractivity contribution in [3.63, 3.8) is 0 Å². The van der Waals surface area contributed by atoms with Crippen molar-refractivity contribution in [1.82, 2.24) is 9.55 Å². The normalized spacial score (nSPS) is 16.6. The predicted molar refractivity (Wildman–Crippen MR) is 94.5 cm³/mol. The third-order valence-electron chi connectivity index (χ3n) is 4.48. The Labute approximate surface area is 144 Å². The van der Waals surface area contributed by atoms with Crippen molar-refractivity contribution >= 4 is 16.6 Å². The van der Waals surface area contributed by atoms with Crippen molar-refractivity contribution in [3.8, 4) is 5.75 Å². The monoisotopic (exact) mass is 339 g/mol. The fourth-order valence-electron chi connectivity index (χ4n) is 3.23. The predicted octanol–water partition coefficient (Wildman–Crippen LogP) is 2.86. The van der Waals surface area contributed by atoms with Crippen LogP contribution in [0.2, 0.25) is 0 Å². The van der Waals surface area contributed by atoms with Gasteiger partial charge in [-0.3, -0.25) is 9.36 Å². The molecule has 2 aromatic carbocycles. The maximum atomic E-state index is 13.5. The Morgan fingerprint density at radius 3 is 2.92 bits per heavy atom. The zero-order valence-electron chi connectivity index (χ0n) is 14.1. The highest BCUT2D eigenvalue weighted by Gasteiger charge is 2.24. The number of para-hydroxylation sites is 1. The lowest BCUT2D eigenvalue weighted by atomic mass is 10.2. The van der Waals surface area contributed by atoms with Gasteiger partial charge in [-0.15, -0.1) is 0 Å². The molecule has 25 heavy (non-hydrogen) atoms. The van der Waals surface area contributed by atoms with E-state index in [0.717, 1.165) is 5.69 Å². The molecule has 1 atom stereocenters. The molecule has 128 valence electrons. The second kappa shape index (κ2) is 5.88. The molecule has 0 N–H and O–H groups in total. The molecule has 0 spiro atoms. The molecule has 0 saturated heterocycles. The SMILES string of the molecule is CC1CN(Cc2nc3ccccc3c(=O)n2C)c2ccc(F)cc2O1. The number of hydrogen-bond acceptors (Lipinski definition) is 4. The summed E-state index contributed by atoms with van der Waals surface area (Å²) in [5.41, 5.74) is 1.42. The van der Waals surface area contributed by atoms with E-state index in [1.807, 2.05) is 25.1 Å². The van der Waals surface area contributed by atoms with Crippen LogP contribution in [0.3, 0.4) is 0 Å². The Bertz CT molecular complexity index is 1020. The van der Waals surface area contributed by atoms with Crippen LogP contribution in [0.5, 0.6) is 5.75 Å². The summed E-state index contributed by atoms with van der Waals surface area (Å²) in [4.78, 5) is 19.3. The molecule has 4 rings (SSSR count). The standard InChI is InChI=1S/C19H18FN3O2/c1-12-10-23(16-8-7-13(20)9-17(16)25-12)11-18-21-15-6-4-3-5-14(15)19(24)22(18)2/h3-9,12H,10-11H2,1-2H3. The quantitative estimate of drug-likeness (QED) is 0.720. The van der Waals surface area contributed by atoms with Gasteiger partial charge in [-0.05, 0) is 31.2 Å². The summed E-state index contributed by atoms with van der Waals surface area (Å²) < 4.78 is 20.8. The van der Waals surface area contributed by atoms with Crippen LogP contribution in [0.25, 0.3) is 10.9 Å².